The molecule has 3 aliphatic rings. The van der Waals surface area contributed by atoms with Gasteiger partial charge in [-0.1, -0.05) is 0 Å². The Bertz CT molecular complexity index is 1220. The summed E-state index contributed by atoms with van der Waals surface area (Å²) >= 11 is 0. The zero-order chi connectivity index (χ0) is 23.5. The molecule has 0 radical (unpaired) electrons. The average molecular weight is 455 g/mol. The van der Waals surface area contributed by atoms with Crippen molar-refractivity contribution in [2.24, 2.45) is 5.92 Å². The van der Waals surface area contributed by atoms with Gasteiger partial charge >= 0.3 is 6.18 Å². The zero-order valence-electron chi connectivity index (χ0n) is 18.4. The summed E-state index contributed by atoms with van der Waals surface area (Å²) in [5.41, 5.74) is 7.40. The average Bonchev–Trinajstić information content (AvgIpc) is 2.69. The van der Waals surface area contributed by atoms with Crippen LogP contribution >= 0.6 is 0 Å². The van der Waals surface area contributed by atoms with Crippen LogP contribution in [0.5, 0.6) is 0 Å². The number of nitrogens with two attached hydrogens (primary N) is 1. The number of amides is 1. The molecule has 2 N–H and O–H groups in total. The fourth-order valence-corrected chi connectivity index (χ4v) is 4.82. The van der Waals surface area contributed by atoms with Crippen LogP contribution < -0.4 is 5.73 Å². The topological polar surface area (TPSA) is 75.4 Å². The minimum atomic E-state index is -4.45. The summed E-state index contributed by atoms with van der Waals surface area (Å²) in [6.45, 7) is 1.94. The predicted molar refractivity (Wildman–Crippen MR) is 118 cm³/mol. The Morgan fingerprint density at radius 2 is 1.91 bits per heavy atom. The molecule has 33 heavy (non-hydrogen) atoms. The van der Waals surface area contributed by atoms with Crippen molar-refractivity contribution in [1.82, 2.24) is 20.0 Å². The fourth-order valence-electron chi connectivity index (χ4n) is 4.82. The number of hydrazine groups is 1. The standard InChI is InChI=1S/C24H24F3N5O/c1-14-7-17-8-16(3-6-20(17)30-21(14)28)22(33)32(31(2)23-9-15(10-23)11-23)13-19-5-4-18(12-29-19)24(25,26)27/h3-8,12,15H,9-11,13H2,1-2H3,(H2,28,30). The lowest BCUT2D eigenvalue weighted by Crippen LogP contribution is -2.71. The number of halogens is 3. The number of nitrogen functional groups attached to an aromatic ring is 1. The number of aryl methyl sites for hydroxylation is 1. The molecule has 2 bridgehead atoms. The normalized spacial score (nSPS) is 21.6. The van der Waals surface area contributed by atoms with Crippen LogP contribution in [0.1, 0.15) is 46.4 Å². The first kappa shape index (κ1) is 21.6. The number of aromatic nitrogens is 2. The molecule has 0 aliphatic heterocycles. The van der Waals surface area contributed by atoms with Crippen molar-refractivity contribution < 1.29 is 18.0 Å². The summed E-state index contributed by atoms with van der Waals surface area (Å²) in [4.78, 5) is 22.0. The summed E-state index contributed by atoms with van der Waals surface area (Å²) in [6, 6.07) is 9.46. The van der Waals surface area contributed by atoms with Crippen LogP contribution in [0.25, 0.3) is 10.9 Å². The summed E-state index contributed by atoms with van der Waals surface area (Å²) in [5, 5.41) is 4.36. The molecule has 6 nitrogen and oxygen atoms in total. The quantitative estimate of drug-likeness (QED) is 0.570. The van der Waals surface area contributed by atoms with E-state index in [0.29, 0.717) is 28.5 Å². The van der Waals surface area contributed by atoms with Crippen LogP contribution in [-0.2, 0) is 12.7 Å². The summed E-state index contributed by atoms with van der Waals surface area (Å²) in [6.07, 6.45) is -0.576. The first-order chi connectivity index (χ1) is 15.6. The van der Waals surface area contributed by atoms with E-state index in [9.17, 15) is 18.0 Å². The van der Waals surface area contributed by atoms with Gasteiger partial charge in [-0.25, -0.2) is 9.99 Å². The molecule has 3 aliphatic carbocycles. The van der Waals surface area contributed by atoms with Gasteiger partial charge < -0.3 is 5.73 Å². The van der Waals surface area contributed by atoms with Crippen LogP contribution in [0.3, 0.4) is 0 Å². The smallest absolute Gasteiger partial charge is 0.383 e. The third kappa shape index (κ3) is 3.70. The van der Waals surface area contributed by atoms with E-state index in [1.54, 1.807) is 23.2 Å². The van der Waals surface area contributed by atoms with Gasteiger partial charge in [0.1, 0.15) is 5.82 Å². The molecule has 6 rings (SSSR count). The van der Waals surface area contributed by atoms with E-state index in [-0.39, 0.29) is 18.0 Å². The van der Waals surface area contributed by atoms with Crippen molar-refractivity contribution in [3.8, 4) is 0 Å². The molecule has 1 amide bonds. The SMILES string of the molecule is Cc1cc2cc(C(=O)N(Cc3ccc(C(F)(F)F)cn3)N(C)C34CC(C3)C4)ccc2nc1N. The van der Waals surface area contributed by atoms with Crippen molar-refractivity contribution in [3.63, 3.8) is 0 Å². The summed E-state index contributed by atoms with van der Waals surface area (Å²) in [7, 11) is 1.88. The molecule has 0 unspecified atom stereocenters. The summed E-state index contributed by atoms with van der Waals surface area (Å²) < 4.78 is 38.8. The lowest BCUT2D eigenvalue weighted by atomic mass is 9.49. The number of rotatable bonds is 5. The first-order valence-electron chi connectivity index (χ1n) is 10.8. The largest absolute Gasteiger partial charge is 0.417 e. The minimum absolute atomic E-state index is 0.0598. The molecular weight excluding hydrogens is 431 g/mol. The molecule has 0 spiro atoms. The number of alkyl halides is 3. The second-order valence-electron chi connectivity index (χ2n) is 9.22. The van der Waals surface area contributed by atoms with Crippen molar-refractivity contribution in [2.75, 3.05) is 12.8 Å². The molecule has 0 saturated heterocycles. The van der Waals surface area contributed by atoms with E-state index in [1.807, 2.05) is 25.0 Å². The van der Waals surface area contributed by atoms with Gasteiger partial charge in [-0.2, -0.15) is 13.2 Å². The number of benzene rings is 1. The van der Waals surface area contributed by atoms with Gasteiger partial charge in [0.25, 0.3) is 5.91 Å². The van der Waals surface area contributed by atoms with E-state index >= 15 is 0 Å². The maximum atomic E-state index is 13.6. The van der Waals surface area contributed by atoms with Gasteiger partial charge in [0.05, 0.1) is 23.3 Å². The molecule has 1 aromatic carbocycles. The Kier molecular flexibility index (Phi) is 4.86. The predicted octanol–water partition coefficient (Wildman–Crippen LogP) is 4.58. The van der Waals surface area contributed by atoms with E-state index in [0.717, 1.165) is 42.5 Å². The first-order valence-corrected chi connectivity index (χ1v) is 10.8. The Morgan fingerprint density at radius 1 is 1.18 bits per heavy atom. The number of hydrogen-bond donors (Lipinski definition) is 1. The second-order valence-corrected chi connectivity index (χ2v) is 9.22. The lowest BCUT2D eigenvalue weighted by Gasteiger charge is -2.67. The zero-order valence-corrected chi connectivity index (χ0v) is 18.4. The van der Waals surface area contributed by atoms with Crippen molar-refractivity contribution >= 4 is 22.6 Å². The van der Waals surface area contributed by atoms with Gasteiger partial charge in [0, 0.05) is 29.7 Å². The summed E-state index contributed by atoms with van der Waals surface area (Å²) in [5.74, 6) is 0.911. The minimum Gasteiger partial charge on any atom is -0.383 e. The molecule has 3 fully saturated rings. The highest BCUT2D eigenvalue weighted by atomic mass is 19.4. The van der Waals surface area contributed by atoms with Crippen LogP contribution in [-0.4, -0.2) is 38.5 Å². The van der Waals surface area contributed by atoms with Crippen LogP contribution in [0.4, 0.5) is 19.0 Å². The molecule has 3 aromatic rings. The van der Waals surface area contributed by atoms with Gasteiger partial charge in [0.2, 0.25) is 0 Å². The maximum absolute atomic E-state index is 13.6. The number of pyridine rings is 2. The monoisotopic (exact) mass is 455 g/mol. The molecule has 2 aromatic heterocycles. The van der Waals surface area contributed by atoms with Crippen LogP contribution in [0, 0.1) is 12.8 Å². The number of hydrogen-bond acceptors (Lipinski definition) is 5. The Hall–Kier alpha value is -3.20. The van der Waals surface area contributed by atoms with Gasteiger partial charge in [-0.15, -0.1) is 0 Å². The number of carbonyl (C=O) groups is 1. The molecule has 2 heterocycles. The Balaban J connectivity index is 1.47. The van der Waals surface area contributed by atoms with Gasteiger partial charge in [-0.3, -0.25) is 14.8 Å². The number of nitrogens with zero attached hydrogens (tertiary/aromatic N) is 4. The van der Waals surface area contributed by atoms with E-state index in [2.05, 4.69) is 9.97 Å². The highest BCUT2D eigenvalue weighted by molar-refractivity contribution is 5.98. The number of anilines is 1. The van der Waals surface area contributed by atoms with Gasteiger partial charge in [0.15, 0.2) is 0 Å². The highest BCUT2D eigenvalue weighted by Crippen LogP contribution is 2.60. The van der Waals surface area contributed by atoms with E-state index in [4.69, 9.17) is 5.73 Å². The molecule has 9 heteroatoms. The molecule has 0 atom stereocenters. The third-order valence-electron chi connectivity index (χ3n) is 7.04. The second kappa shape index (κ2) is 7.41. The number of carbonyl (C=O) groups excluding carboxylic acids is 1. The fraction of sp³-hybridized carbons (Fsp3) is 0.375. The Labute approximate surface area is 189 Å². The molecule has 3 saturated carbocycles. The van der Waals surface area contributed by atoms with Crippen molar-refractivity contribution in [2.45, 2.75) is 44.4 Å². The van der Waals surface area contributed by atoms with Gasteiger partial charge in [-0.05, 0) is 74.1 Å². The molecular formula is C24H24F3N5O. The lowest BCUT2D eigenvalue weighted by molar-refractivity contribution is -0.205. The Morgan fingerprint density at radius 3 is 2.48 bits per heavy atom. The van der Waals surface area contributed by atoms with Crippen LogP contribution in [0.15, 0.2) is 42.6 Å². The van der Waals surface area contributed by atoms with E-state index in [1.165, 1.54) is 6.07 Å². The van der Waals surface area contributed by atoms with E-state index < -0.39 is 11.7 Å². The van der Waals surface area contributed by atoms with Crippen molar-refractivity contribution in [3.05, 3.63) is 65.0 Å². The third-order valence-corrected chi connectivity index (χ3v) is 7.04. The number of fused-ring (bicyclic) bond motifs is 1. The van der Waals surface area contributed by atoms with Crippen LogP contribution in [0.2, 0.25) is 0 Å². The molecule has 172 valence electrons. The van der Waals surface area contributed by atoms with Crippen molar-refractivity contribution in [1.29, 1.82) is 0 Å². The maximum Gasteiger partial charge on any atom is 0.417 e. The highest BCUT2D eigenvalue weighted by Gasteiger charge is 2.60.